The number of carbonyl (C=O) groups excluding carboxylic acids is 2. The first-order valence-corrected chi connectivity index (χ1v) is 6.88. The maximum absolute atomic E-state index is 11.7. The van der Waals surface area contributed by atoms with Crippen LogP contribution in [-0.4, -0.2) is 28.6 Å². The summed E-state index contributed by atoms with van der Waals surface area (Å²) in [6, 6.07) is 9.46. The fourth-order valence-corrected chi connectivity index (χ4v) is 1.75. The lowest BCUT2D eigenvalue weighted by Crippen LogP contribution is -2.31. The highest BCUT2D eigenvalue weighted by atomic mass is 16.2. The molecule has 0 aliphatic rings. The summed E-state index contributed by atoms with van der Waals surface area (Å²) in [5.74, 6) is -0.165. The predicted octanol–water partition coefficient (Wildman–Crippen LogP) is 1.79. The molecule has 22 heavy (non-hydrogen) atoms. The highest BCUT2D eigenvalue weighted by Gasteiger charge is 2.09. The molecule has 6 heteroatoms. The zero-order chi connectivity index (χ0) is 15.9. The number of anilines is 1. The van der Waals surface area contributed by atoms with Crippen LogP contribution in [0.2, 0.25) is 0 Å². The molecule has 3 N–H and O–H groups in total. The summed E-state index contributed by atoms with van der Waals surface area (Å²) in [5, 5.41) is 11.9. The third kappa shape index (κ3) is 4.31. The van der Waals surface area contributed by atoms with Gasteiger partial charge in [0.25, 0.3) is 0 Å². The number of hydrogen-bond acceptors (Lipinski definition) is 3. The standard InChI is InChI=1S/C16H18N4O2/c1-11-12(2)19-20-16(11)18-15(22)10-17-14(21)9-8-13-6-4-3-5-7-13/h3-9H,10H2,1-2H3,(H,17,21)(H2,18,19,20,22)/b9-8+. The number of carbonyl (C=O) groups is 2. The molecule has 0 atom stereocenters. The molecule has 0 fully saturated rings. The topological polar surface area (TPSA) is 86.9 Å². The fourth-order valence-electron chi connectivity index (χ4n) is 1.75. The second kappa shape index (κ2) is 7.21. The Morgan fingerprint density at radius 3 is 2.59 bits per heavy atom. The van der Waals surface area contributed by atoms with Gasteiger partial charge in [-0.25, -0.2) is 0 Å². The van der Waals surface area contributed by atoms with Crippen molar-refractivity contribution in [1.82, 2.24) is 15.5 Å². The number of benzene rings is 1. The Balaban J connectivity index is 1.80. The van der Waals surface area contributed by atoms with Crippen LogP contribution in [0.1, 0.15) is 16.8 Å². The number of aromatic amines is 1. The molecule has 6 nitrogen and oxygen atoms in total. The molecule has 1 aromatic carbocycles. The molecular weight excluding hydrogens is 280 g/mol. The van der Waals surface area contributed by atoms with Crippen LogP contribution < -0.4 is 10.6 Å². The lowest BCUT2D eigenvalue weighted by Gasteiger charge is -2.04. The smallest absolute Gasteiger partial charge is 0.244 e. The van der Waals surface area contributed by atoms with Gasteiger partial charge in [0.05, 0.1) is 6.54 Å². The van der Waals surface area contributed by atoms with Gasteiger partial charge in [0, 0.05) is 17.3 Å². The minimum absolute atomic E-state index is 0.108. The van der Waals surface area contributed by atoms with Crippen LogP contribution in [0.3, 0.4) is 0 Å². The van der Waals surface area contributed by atoms with Gasteiger partial charge in [0.2, 0.25) is 11.8 Å². The summed E-state index contributed by atoms with van der Waals surface area (Å²) in [6.07, 6.45) is 3.08. The molecular formula is C16H18N4O2. The van der Waals surface area contributed by atoms with Gasteiger partial charge >= 0.3 is 0 Å². The molecule has 0 unspecified atom stereocenters. The van der Waals surface area contributed by atoms with Crippen LogP contribution >= 0.6 is 0 Å². The van der Waals surface area contributed by atoms with Gasteiger partial charge < -0.3 is 10.6 Å². The van der Waals surface area contributed by atoms with Crippen molar-refractivity contribution in [2.45, 2.75) is 13.8 Å². The van der Waals surface area contributed by atoms with Crippen molar-refractivity contribution < 1.29 is 9.59 Å². The summed E-state index contributed by atoms with van der Waals surface area (Å²) < 4.78 is 0. The van der Waals surface area contributed by atoms with Crippen molar-refractivity contribution in [3.8, 4) is 0 Å². The predicted molar refractivity (Wildman–Crippen MR) is 85.2 cm³/mol. The molecule has 0 bridgehead atoms. The van der Waals surface area contributed by atoms with Crippen molar-refractivity contribution in [2.24, 2.45) is 0 Å². The normalized spacial score (nSPS) is 10.6. The van der Waals surface area contributed by atoms with E-state index in [1.807, 2.05) is 44.2 Å². The Kier molecular flexibility index (Phi) is 5.08. The summed E-state index contributed by atoms with van der Waals surface area (Å²) >= 11 is 0. The second-order valence-electron chi connectivity index (χ2n) is 4.83. The van der Waals surface area contributed by atoms with E-state index < -0.39 is 0 Å². The number of nitrogens with zero attached hydrogens (tertiary/aromatic N) is 1. The lowest BCUT2D eigenvalue weighted by atomic mass is 10.2. The van der Waals surface area contributed by atoms with Gasteiger partial charge in [0.15, 0.2) is 5.82 Å². The Hall–Kier alpha value is -2.89. The van der Waals surface area contributed by atoms with E-state index in [0.717, 1.165) is 16.8 Å². The quantitative estimate of drug-likeness (QED) is 0.736. The van der Waals surface area contributed by atoms with Crippen LogP contribution in [0.25, 0.3) is 6.08 Å². The summed E-state index contributed by atoms with van der Waals surface area (Å²) in [6.45, 7) is 3.62. The van der Waals surface area contributed by atoms with Gasteiger partial charge in [-0.3, -0.25) is 14.7 Å². The molecule has 0 saturated carbocycles. The number of H-pyrrole nitrogens is 1. The fraction of sp³-hybridized carbons (Fsp3) is 0.188. The first-order chi connectivity index (χ1) is 10.6. The van der Waals surface area contributed by atoms with Crippen molar-refractivity contribution in [2.75, 3.05) is 11.9 Å². The average Bonchev–Trinajstić information content (AvgIpc) is 2.84. The van der Waals surface area contributed by atoms with Crippen molar-refractivity contribution in [1.29, 1.82) is 0 Å². The second-order valence-corrected chi connectivity index (χ2v) is 4.83. The van der Waals surface area contributed by atoms with Crippen LogP contribution in [-0.2, 0) is 9.59 Å². The molecule has 0 spiro atoms. The number of aryl methyl sites for hydroxylation is 1. The number of amides is 2. The van der Waals surface area contributed by atoms with Gasteiger partial charge in [0.1, 0.15) is 0 Å². The van der Waals surface area contributed by atoms with E-state index in [9.17, 15) is 9.59 Å². The Labute approximate surface area is 128 Å². The van der Waals surface area contributed by atoms with Crippen molar-refractivity contribution in [3.05, 3.63) is 53.2 Å². The van der Waals surface area contributed by atoms with Crippen LogP contribution in [0.15, 0.2) is 36.4 Å². The largest absolute Gasteiger partial charge is 0.343 e. The zero-order valence-electron chi connectivity index (χ0n) is 12.5. The van der Waals surface area contributed by atoms with Gasteiger partial charge in [-0.2, -0.15) is 5.10 Å². The Bertz CT molecular complexity index is 689. The molecule has 2 amide bonds. The summed E-state index contributed by atoms with van der Waals surface area (Å²) in [4.78, 5) is 23.4. The number of hydrogen-bond donors (Lipinski definition) is 3. The first-order valence-electron chi connectivity index (χ1n) is 6.88. The molecule has 0 saturated heterocycles. The molecule has 2 rings (SSSR count). The van der Waals surface area contributed by atoms with Gasteiger partial charge in [-0.05, 0) is 25.5 Å². The van der Waals surface area contributed by atoms with Gasteiger partial charge in [-0.1, -0.05) is 30.3 Å². The number of aromatic nitrogens is 2. The van der Waals surface area contributed by atoms with E-state index >= 15 is 0 Å². The minimum Gasteiger partial charge on any atom is -0.343 e. The Morgan fingerprint density at radius 2 is 1.95 bits per heavy atom. The van der Waals surface area contributed by atoms with E-state index in [4.69, 9.17) is 0 Å². The SMILES string of the molecule is Cc1[nH]nc(NC(=O)CNC(=O)/C=C/c2ccccc2)c1C. The minimum atomic E-state index is -0.325. The van der Waals surface area contributed by atoms with Crippen LogP contribution in [0.5, 0.6) is 0 Å². The monoisotopic (exact) mass is 298 g/mol. The highest BCUT2D eigenvalue weighted by Crippen LogP contribution is 2.13. The molecule has 0 aliphatic heterocycles. The van der Waals surface area contributed by atoms with Crippen molar-refractivity contribution >= 4 is 23.7 Å². The number of nitrogens with one attached hydrogen (secondary N) is 3. The van der Waals surface area contributed by atoms with E-state index in [-0.39, 0.29) is 18.4 Å². The van der Waals surface area contributed by atoms with Crippen LogP contribution in [0.4, 0.5) is 5.82 Å². The zero-order valence-corrected chi connectivity index (χ0v) is 12.5. The summed E-state index contributed by atoms with van der Waals surface area (Å²) in [7, 11) is 0. The molecule has 2 aromatic rings. The van der Waals surface area contributed by atoms with Crippen molar-refractivity contribution in [3.63, 3.8) is 0 Å². The van der Waals surface area contributed by atoms with Crippen LogP contribution in [0, 0.1) is 13.8 Å². The molecule has 114 valence electrons. The van der Waals surface area contributed by atoms with E-state index in [1.54, 1.807) is 6.08 Å². The van der Waals surface area contributed by atoms with Gasteiger partial charge in [-0.15, -0.1) is 0 Å². The molecule has 1 heterocycles. The van der Waals surface area contributed by atoms with E-state index in [2.05, 4.69) is 20.8 Å². The maximum atomic E-state index is 11.7. The lowest BCUT2D eigenvalue weighted by molar-refractivity contribution is -0.121. The molecule has 0 aliphatic carbocycles. The third-order valence-electron chi connectivity index (χ3n) is 3.16. The molecule has 1 aromatic heterocycles. The Morgan fingerprint density at radius 1 is 1.23 bits per heavy atom. The average molecular weight is 298 g/mol. The van der Waals surface area contributed by atoms with E-state index in [0.29, 0.717) is 5.82 Å². The first kappa shape index (κ1) is 15.5. The third-order valence-corrected chi connectivity index (χ3v) is 3.16. The van der Waals surface area contributed by atoms with E-state index in [1.165, 1.54) is 6.08 Å². The number of rotatable bonds is 5. The summed E-state index contributed by atoms with van der Waals surface area (Å²) in [5.41, 5.74) is 2.69. The molecule has 0 radical (unpaired) electrons. The highest BCUT2D eigenvalue weighted by molar-refractivity contribution is 5.97. The maximum Gasteiger partial charge on any atom is 0.244 e.